The van der Waals surface area contributed by atoms with Crippen LogP contribution in [0.3, 0.4) is 0 Å². The van der Waals surface area contributed by atoms with Crippen LogP contribution in [-0.4, -0.2) is 61.4 Å². The molecule has 0 bridgehead atoms. The Balaban J connectivity index is 1.71. The van der Waals surface area contributed by atoms with Gasteiger partial charge in [-0.2, -0.15) is 12.7 Å². The molecule has 26 heavy (non-hydrogen) atoms. The lowest BCUT2D eigenvalue weighted by atomic mass is 9.74. The number of piperidine rings is 1. The molecule has 0 saturated carbocycles. The van der Waals surface area contributed by atoms with Crippen LogP contribution in [0.2, 0.25) is 0 Å². The number of rotatable bonds is 5. The third-order valence-electron chi connectivity index (χ3n) is 6.06. The van der Waals surface area contributed by atoms with Crippen LogP contribution in [0.15, 0.2) is 24.4 Å². The van der Waals surface area contributed by atoms with E-state index in [1.807, 2.05) is 13.8 Å². The molecular weight excluding hydrogens is 348 g/mol. The monoisotopic (exact) mass is 376 g/mol. The summed E-state index contributed by atoms with van der Waals surface area (Å²) in [5.41, 5.74) is 3.94. The van der Waals surface area contributed by atoms with Crippen molar-refractivity contribution in [2.75, 3.05) is 26.7 Å². The summed E-state index contributed by atoms with van der Waals surface area (Å²) < 4.78 is 29.6. The fourth-order valence-electron chi connectivity index (χ4n) is 5.01. The maximum Gasteiger partial charge on any atom is 0.279 e. The SMILES string of the molecule is CCNS(=O)(=O)N(CC)[C@H]1C[C@@H]2c3cccc4[nH]cc(c34)C[C@H]2N(C)C1. The molecule has 4 rings (SSSR count). The first-order valence-corrected chi connectivity index (χ1v) is 11.0. The van der Waals surface area contributed by atoms with Gasteiger partial charge in [-0.3, -0.25) is 0 Å². The highest BCUT2D eigenvalue weighted by Crippen LogP contribution is 2.43. The van der Waals surface area contributed by atoms with Crippen molar-refractivity contribution in [1.82, 2.24) is 18.9 Å². The lowest BCUT2D eigenvalue weighted by molar-refractivity contribution is 0.0974. The Morgan fingerprint density at radius 2 is 2.15 bits per heavy atom. The largest absolute Gasteiger partial charge is 0.361 e. The Morgan fingerprint density at radius 3 is 2.88 bits per heavy atom. The van der Waals surface area contributed by atoms with Gasteiger partial charge in [0.15, 0.2) is 0 Å². The van der Waals surface area contributed by atoms with Crippen molar-refractivity contribution in [3.63, 3.8) is 0 Å². The third kappa shape index (κ3) is 2.78. The van der Waals surface area contributed by atoms with Gasteiger partial charge in [0.2, 0.25) is 0 Å². The van der Waals surface area contributed by atoms with Gasteiger partial charge in [-0.15, -0.1) is 0 Å². The number of aromatic nitrogens is 1. The van der Waals surface area contributed by atoms with E-state index >= 15 is 0 Å². The van der Waals surface area contributed by atoms with Crippen molar-refractivity contribution in [2.24, 2.45) is 0 Å². The molecule has 1 aliphatic heterocycles. The fourth-order valence-corrected chi connectivity index (χ4v) is 6.43. The van der Waals surface area contributed by atoms with Crippen LogP contribution in [-0.2, 0) is 16.6 Å². The van der Waals surface area contributed by atoms with Crippen LogP contribution < -0.4 is 4.72 Å². The molecule has 0 spiro atoms. The predicted octanol–water partition coefficient (Wildman–Crippen LogP) is 2.06. The molecule has 0 radical (unpaired) electrons. The molecule has 2 aromatic rings. The summed E-state index contributed by atoms with van der Waals surface area (Å²) in [6.07, 6.45) is 4.03. The van der Waals surface area contributed by atoms with Crippen molar-refractivity contribution in [3.05, 3.63) is 35.5 Å². The standard InChI is InChI=1S/C19H28N4O2S/c1-4-21-26(24,25)23(5-2)14-10-16-15-7-6-8-17-19(15)13(11-20-17)9-18(16)22(3)12-14/h6-8,11,14,16,18,20-21H,4-5,9-10,12H2,1-3H3/t14-,16+,18+/m0/s1. The van der Waals surface area contributed by atoms with Gasteiger partial charge in [-0.05, 0) is 37.1 Å². The van der Waals surface area contributed by atoms with E-state index in [0.717, 1.165) is 19.4 Å². The van der Waals surface area contributed by atoms with Crippen LogP contribution >= 0.6 is 0 Å². The number of fused-ring (bicyclic) bond motifs is 2. The van der Waals surface area contributed by atoms with E-state index in [1.54, 1.807) is 4.31 Å². The van der Waals surface area contributed by atoms with E-state index < -0.39 is 10.2 Å². The molecule has 142 valence electrons. The second-order valence-electron chi connectivity index (χ2n) is 7.50. The number of nitrogens with zero attached hydrogens (tertiary/aromatic N) is 2. The maximum atomic E-state index is 12.7. The van der Waals surface area contributed by atoms with Gasteiger partial charge in [0, 0.05) is 54.7 Å². The average molecular weight is 377 g/mol. The number of aromatic amines is 1. The Labute approximate surface area is 155 Å². The number of nitrogens with one attached hydrogen (secondary N) is 2. The van der Waals surface area contributed by atoms with Gasteiger partial charge in [-0.1, -0.05) is 26.0 Å². The molecule has 0 unspecified atom stereocenters. The van der Waals surface area contributed by atoms with Gasteiger partial charge in [0.05, 0.1) is 0 Å². The molecular formula is C19H28N4O2S. The number of benzene rings is 1. The molecule has 2 N–H and O–H groups in total. The Bertz CT molecular complexity index is 907. The number of hydrogen-bond acceptors (Lipinski definition) is 3. The first-order chi connectivity index (χ1) is 12.5. The summed E-state index contributed by atoms with van der Waals surface area (Å²) in [5.74, 6) is 0.358. The molecule has 1 saturated heterocycles. The van der Waals surface area contributed by atoms with Crippen LogP contribution in [0.1, 0.15) is 37.3 Å². The first-order valence-electron chi connectivity index (χ1n) is 9.51. The van der Waals surface area contributed by atoms with Gasteiger partial charge >= 0.3 is 0 Å². The van der Waals surface area contributed by atoms with Crippen molar-refractivity contribution in [1.29, 1.82) is 0 Å². The highest BCUT2D eigenvalue weighted by molar-refractivity contribution is 7.87. The van der Waals surface area contributed by atoms with Crippen LogP contribution in [0, 0.1) is 0 Å². The predicted molar refractivity (Wildman–Crippen MR) is 105 cm³/mol. The Morgan fingerprint density at radius 1 is 1.35 bits per heavy atom. The summed E-state index contributed by atoms with van der Waals surface area (Å²) in [6, 6.07) is 6.88. The second kappa shape index (κ2) is 6.64. The molecule has 2 aliphatic rings. The number of hydrogen-bond donors (Lipinski definition) is 2. The van der Waals surface area contributed by atoms with E-state index in [4.69, 9.17) is 0 Å². The van der Waals surface area contributed by atoms with E-state index in [-0.39, 0.29) is 6.04 Å². The third-order valence-corrected chi connectivity index (χ3v) is 7.89. The van der Waals surface area contributed by atoms with Crippen LogP contribution in [0.4, 0.5) is 0 Å². The highest BCUT2D eigenvalue weighted by atomic mass is 32.2. The van der Waals surface area contributed by atoms with Crippen LogP contribution in [0.25, 0.3) is 10.9 Å². The van der Waals surface area contributed by atoms with Gasteiger partial charge in [0.1, 0.15) is 0 Å². The summed E-state index contributed by atoms with van der Waals surface area (Å²) in [7, 11) is -1.30. The lowest BCUT2D eigenvalue weighted by Gasteiger charge is -2.47. The normalized spacial score (nSPS) is 26.4. The molecule has 6 nitrogen and oxygen atoms in total. The van der Waals surface area contributed by atoms with E-state index in [9.17, 15) is 8.42 Å². The van der Waals surface area contributed by atoms with E-state index in [0.29, 0.717) is 25.0 Å². The van der Waals surface area contributed by atoms with Gasteiger partial charge in [0.25, 0.3) is 10.2 Å². The minimum atomic E-state index is -3.43. The zero-order valence-electron chi connectivity index (χ0n) is 15.7. The van der Waals surface area contributed by atoms with Crippen LogP contribution in [0.5, 0.6) is 0 Å². The number of likely N-dealkylation sites (tertiary alicyclic amines) is 1. The second-order valence-corrected chi connectivity index (χ2v) is 9.20. The number of H-pyrrole nitrogens is 1. The molecule has 1 aromatic heterocycles. The summed E-state index contributed by atoms with van der Waals surface area (Å²) in [6.45, 7) is 5.43. The minimum Gasteiger partial charge on any atom is -0.361 e. The molecule has 1 fully saturated rings. The summed E-state index contributed by atoms with van der Waals surface area (Å²) in [4.78, 5) is 5.75. The van der Waals surface area contributed by atoms with Crippen molar-refractivity contribution >= 4 is 21.1 Å². The zero-order chi connectivity index (χ0) is 18.5. The highest BCUT2D eigenvalue weighted by Gasteiger charge is 2.42. The lowest BCUT2D eigenvalue weighted by Crippen LogP contribution is -2.57. The molecule has 1 aliphatic carbocycles. The first kappa shape index (κ1) is 18.0. The number of likely N-dealkylation sites (N-methyl/N-ethyl adjacent to an activating group) is 2. The maximum absolute atomic E-state index is 12.7. The molecule has 1 aromatic carbocycles. The smallest absolute Gasteiger partial charge is 0.279 e. The topological polar surface area (TPSA) is 68.4 Å². The average Bonchev–Trinajstić information content (AvgIpc) is 3.01. The van der Waals surface area contributed by atoms with Crippen molar-refractivity contribution in [3.8, 4) is 0 Å². The fraction of sp³-hybridized carbons (Fsp3) is 0.579. The molecule has 0 amide bonds. The molecule has 3 atom stereocenters. The Hall–Kier alpha value is -1.41. The van der Waals surface area contributed by atoms with E-state index in [2.05, 4.69) is 46.0 Å². The summed E-state index contributed by atoms with van der Waals surface area (Å²) in [5, 5.41) is 1.35. The zero-order valence-corrected chi connectivity index (χ0v) is 16.5. The van der Waals surface area contributed by atoms with Crippen molar-refractivity contribution in [2.45, 2.75) is 44.7 Å². The summed E-state index contributed by atoms with van der Waals surface area (Å²) >= 11 is 0. The minimum absolute atomic E-state index is 0.00829. The molecule has 2 heterocycles. The van der Waals surface area contributed by atoms with Gasteiger partial charge in [-0.25, -0.2) is 4.72 Å². The van der Waals surface area contributed by atoms with Crippen molar-refractivity contribution < 1.29 is 8.42 Å². The Kier molecular flexibility index (Phi) is 4.59. The molecule has 7 heteroatoms. The quantitative estimate of drug-likeness (QED) is 0.839. The van der Waals surface area contributed by atoms with E-state index in [1.165, 1.54) is 22.0 Å². The van der Waals surface area contributed by atoms with Gasteiger partial charge < -0.3 is 9.88 Å².